The Kier molecular flexibility index (Phi) is 3.32. The molecule has 5 aromatic rings. The Labute approximate surface area is 158 Å². The molecule has 0 aliphatic carbocycles. The summed E-state index contributed by atoms with van der Waals surface area (Å²) in [6.45, 7) is 9.14. The third kappa shape index (κ3) is 2.29. The lowest BCUT2D eigenvalue weighted by Gasteiger charge is -2.12. The van der Waals surface area contributed by atoms with E-state index in [4.69, 9.17) is 12.3 Å². The van der Waals surface area contributed by atoms with Crippen molar-refractivity contribution in [2.45, 2.75) is 6.92 Å². The smallest absolute Gasteiger partial charge is 0.222 e. The number of hydrogen-bond acceptors (Lipinski definition) is 6. The third-order valence-electron chi connectivity index (χ3n) is 4.60. The molecule has 0 saturated carbocycles. The molecule has 0 aliphatic rings. The summed E-state index contributed by atoms with van der Waals surface area (Å²) in [7, 11) is 0. The van der Waals surface area contributed by atoms with Gasteiger partial charge in [-0.3, -0.25) is 0 Å². The summed E-state index contributed by atoms with van der Waals surface area (Å²) in [5, 5.41) is 11.9. The molecule has 9 heteroatoms. The molecule has 2 N–H and O–H groups in total. The van der Waals surface area contributed by atoms with Crippen LogP contribution >= 0.6 is 0 Å². The highest BCUT2D eigenvalue weighted by atomic mass is 15.5. The van der Waals surface area contributed by atoms with Crippen molar-refractivity contribution in [1.29, 1.82) is 0 Å². The maximum absolute atomic E-state index is 7.15. The molecule has 134 valence electrons. The van der Waals surface area contributed by atoms with Gasteiger partial charge < -0.3 is 10.1 Å². The van der Waals surface area contributed by atoms with E-state index < -0.39 is 0 Å². The predicted molar refractivity (Wildman–Crippen MR) is 104 cm³/mol. The minimum Gasteiger partial charge on any atom is -0.380 e. The summed E-state index contributed by atoms with van der Waals surface area (Å²) in [6, 6.07) is 11.1. The molecule has 0 bridgehead atoms. The maximum atomic E-state index is 7.15. The fourth-order valence-electron chi connectivity index (χ4n) is 3.22. The number of nitrogens with zero attached hydrogens (tertiary/aromatic N) is 8. The van der Waals surface area contributed by atoms with Crippen LogP contribution in [0, 0.1) is 13.5 Å². The second kappa shape index (κ2) is 5.85. The fraction of sp³-hybridized carbons (Fsp3) is 0.0526. The predicted octanol–water partition coefficient (Wildman–Crippen LogP) is 2.94. The second-order valence-electron chi connectivity index (χ2n) is 6.31. The Morgan fingerprint density at radius 2 is 1.86 bits per heavy atom. The molecule has 5 rings (SSSR count). The van der Waals surface area contributed by atoms with Crippen molar-refractivity contribution in [2.24, 2.45) is 0 Å². The monoisotopic (exact) mass is 367 g/mol. The molecule has 0 radical (unpaired) electrons. The van der Waals surface area contributed by atoms with Gasteiger partial charge >= 0.3 is 0 Å². The molecule has 0 saturated heterocycles. The van der Waals surface area contributed by atoms with Gasteiger partial charge in [-0.2, -0.15) is 4.52 Å². The van der Waals surface area contributed by atoms with Crippen molar-refractivity contribution in [1.82, 2.24) is 34.4 Å². The summed E-state index contributed by atoms with van der Waals surface area (Å²) in [5.41, 5.74) is 11.9. The number of anilines is 1. The summed E-state index contributed by atoms with van der Waals surface area (Å²) >= 11 is 0. The molecular formula is C19H13N9. The van der Waals surface area contributed by atoms with Crippen molar-refractivity contribution in [3.8, 4) is 22.5 Å². The van der Waals surface area contributed by atoms with Crippen LogP contribution < -0.4 is 5.73 Å². The number of tetrazole rings is 1. The van der Waals surface area contributed by atoms with Gasteiger partial charge in [-0.15, -0.1) is 5.10 Å². The van der Waals surface area contributed by atoms with Crippen molar-refractivity contribution >= 4 is 22.8 Å². The third-order valence-corrected chi connectivity index (χ3v) is 4.60. The highest BCUT2D eigenvalue weighted by Crippen LogP contribution is 2.33. The standard InChI is InChI=1S/C19H13N9/c1-11-9-22-15-8-5-13(10-27(11)15)17-16(12-3-6-14(21-2)7-4-12)23-18(20)19-24-25-26-28(17)19/h3-10H,1H3,(H2,20,23). The van der Waals surface area contributed by atoms with Gasteiger partial charge in [-0.25, -0.2) is 14.8 Å². The van der Waals surface area contributed by atoms with Crippen LogP contribution in [0.1, 0.15) is 5.69 Å². The van der Waals surface area contributed by atoms with E-state index in [9.17, 15) is 0 Å². The normalized spacial score (nSPS) is 11.1. The SMILES string of the molecule is [C-]#[N+]c1ccc(-c2nc(N)c3nnnn3c2-c2ccc3ncc(C)n3c2)cc1. The zero-order chi connectivity index (χ0) is 19.3. The average molecular weight is 367 g/mol. The van der Waals surface area contributed by atoms with Crippen LogP contribution in [0.2, 0.25) is 0 Å². The Morgan fingerprint density at radius 3 is 2.64 bits per heavy atom. The van der Waals surface area contributed by atoms with Crippen LogP contribution in [0.25, 0.3) is 38.7 Å². The van der Waals surface area contributed by atoms with Crippen molar-refractivity contribution in [2.75, 3.05) is 5.73 Å². The minimum absolute atomic E-state index is 0.234. The Bertz CT molecular complexity index is 1390. The first kappa shape index (κ1) is 15.9. The lowest BCUT2D eigenvalue weighted by atomic mass is 10.0. The van der Waals surface area contributed by atoms with Crippen molar-refractivity contribution in [3.05, 3.63) is 65.9 Å². The number of nitrogen functional groups attached to an aromatic ring is 1. The molecule has 28 heavy (non-hydrogen) atoms. The Balaban J connectivity index is 1.84. The van der Waals surface area contributed by atoms with Gasteiger partial charge in [0.2, 0.25) is 5.65 Å². The molecule has 4 heterocycles. The van der Waals surface area contributed by atoms with Gasteiger partial charge in [0.1, 0.15) is 11.3 Å². The lowest BCUT2D eigenvalue weighted by molar-refractivity contribution is 0.826. The summed E-state index contributed by atoms with van der Waals surface area (Å²) in [6.07, 6.45) is 3.79. The number of rotatable bonds is 2. The Hall–Kier alpha value is -4.32. The minimum atomic E-state index is 0.234. The van der Waals surface area contributed by atoms with E-state index in [1.807, 2.05) is 48.0 Å². The van der Waals surface area contributed by atoms with Crippen LogP contribution in [0.15, 0.2) is 48.8 Å². The molecule has 0 amide bonds. The van der Waals surface area contributed by atoms with E-state index >= 15 is 0 Å². The van der Waals surface area contributed by atoms with Gasteiger partial charge in [0.15, 0.2) is 11.5 Å². The zero-order valence-corrected chi connectivity index (χ0v) is 14.8. The largest absolute Gasteiger partial charge is 0.380 e. The molecule has 0 unspecified atom stereocenters. The van der Waals surface area contributed by atoms with Gasteiger partial charge in [0.25, 0.3) is 0 Å². The van der Waals surface area contributed by atoms with Gasteiger partial charge in [-0.1, -0.05) is 24.3 Å². The summed E-state index contributed by atoms with van der Waals surface area (Å²) < 4.78 is 3.58. The number of nitrogens with two attached hydrogens (primary N) is 1. The fourth-order valence-corrected chi connectivity index (χ4v) is 3.22. The maximum Gasteiger partial charge on any atom is 0.222 e. The molecule has 9 nitrogen and oxygen atoms in total. The summed E-state index contributed by atoms with van der Waals surface area (Å²) in [4.78, 5) is 12.4. The molecule has 1 aromatic carbocycles. The molecule has 0 aliphatic heterocycles. The number of fused-ring (bicyclic) bond motifs is 2. The van der Waals surface area contributed by atoms with Gasteiger partial charge in [-0.05, 0) is 35.0 Å². The van der Waals surface area contributed by atoms with E-state index in [1.165, 1.54) is 0 Å². The molecule has 0 fully saturated rings. The highest BCUT2D eigenvalue weighted by molar-refractivity contribution is 5.83. The van der Waals surface area contributed by atoms with Gasteiger partial charge in [0, 0.05) is 23.7 Å². The van der Waals surface area contributed by atoms with Crippen molar-refractivity contribution < 1.29 is 0 Å². The average Bonchev–Trinajstić information content (AvgIpc) is 3.35. The Morgan fingerprint density at radius 1 is 1.07 bits per heavy atom. The first-order valence-electron chi connectivity index (χ1n) is 8.45. The number of aryl methyl sites for hydroxylation is 1. The van der Waals surface area contributed by atoms with E-state index in [-0.39, 0.29) is 5.82 Å². The first-order valence-corrected chi connectivity index (χ1v) is 8.45. The number of aromatic nitrogens is 7. The molecule has 0 atom stereocenters. The van der Waals surface area contributed by atoms with Crippen LogP contribution in [0.4, 0.5) is 11.5 Å². The molecule has 0 spiro atoms. The van der Waals surface area contributed by atoms with E-state index in [0.717, 1.165) is 22.5 Å². The molecule has 4 aromatic heterocycles. The second-order valence-corrected chi connectivity index (χ2v) is 6.31. The van der Waals surface area contributed by atoms with Crippen LogP contribution in [0.3, 0.4) is 0 Å². The van der Waals surface area contributed by atoms with Crippen LogP contribution in [-0.4, -0.2) is 34.4 Å². The van der Waals surface area contributed by atoms with Crippen molar-refractivity contribution in [3.63, 3.8) is 0 Å². The molecular weight excluding hydrogens is 354 g/mol. The highest BCUT2D eigenvalue weighted by Gasteiger charge is 2.19. The number of pyridine rings is 1. The first-order chi connectivity index (χ1) is 13.7. The van der Waals surface area contributed by atoms with Crippen LogP contribution in [0.5, 0.6) is 0 Å². The van der Waals surface area contributed by atoms with Gasteiger partial charge in [0.05, 0.1) is 12.3 Å². The quantitative estimate of drug-likeness (QED) is 0.481. The number of hydrogen-bond donors (Lipinski definition) is 1. The topological polar surface area (TPSA) is 104 Å². The lowest BCUT2D eigenvalue weighted by Crippen LogP contribution is -2.05. The number of benzene rings is 1. The van der Waals surface area contributed by atoms with Crippen LogP contribution in [-0.2, 0) is 0 Å². The van der Waals surface area contributed by atoms with E-state index in [0.29, 0.717) is 22.7 Å². The van der Waals surface area contributed by atoms with E-state index in [1.54, 1.807) is 16.6 Å². The summed E-state index contributed by atoms with van der Waals surface area (Å²) in [5.74, 6) is 0.234. The van der Waals surface area contributed by atoms with E-state index in [2.05, 4.69) is 30.3 Å². The zero-order valence-electron chi connectivity index (χ0n) is 14.8. The number of imidazole rings is 1.